The van der Waals surface area contributed by atoms with Crippen LogP contribution in [0.4, 0.5) is 34.1 Å². The van der Waals surface area contributed by atoms with E-state index in [-0.39, 0.29) is 91.0 Å². The Hall–Kier alpha value is -17.5. The lowest BCUT2D eigenvalue weighted by Crippen LogP contribution is -2.61. The summed E-state index contributed by atoms with van der Waals surface area (Å²) in [6.45, 7) is 12.3. The second-order valence-electron chi connectivity index (χ2n) is 39.7. The predicted octanol–water partition coefficient (Wildman–Crippen LogP) is 34.4. The van der Waals surface area contributed by atoms with Crippen LogP contribution in [0.1, 0.15) is 94.1 Å². The third-order valence-corrected chi connectivity index (χ3v) is 29.7. The highest BCUT2D eigenvalue weighted by Crippen LogP contribution is 2.61. The van der Waals surface area contributed by atoms with Crippen molar-refractivity contribution < 1.29 is 28.0 Å². The van der Waals surface area contributed by atoms with Crippen molar-refractivity contribution in [2.24, 2.45) is 0 Å². The molecule has 21 aromatic carbocycles. The van der Waals surface area contributed by atoms with Gasteiger partial charge in [0.15, 0.2) is 0 Å². The van der Waals surface area contributed by atoms with Gasteiger partial charge in [-0.3, -0.25) is 0 Å². The summed E-state index contributed by atoms with van der Waals surface area (Å²) < 4.78 is 163. The van der Waals surface area contributed by atoms with E-state index in [1.165, 1.54) is 0 Å². The van der Waals surface area contributed by atoms with Gasteiger partial charge in [-0.25, -0.2) is 0 Å². The number of nitrogens with zero attached hydrogens (tertiary/aromatic N) is 4. The van der Waals surface area contributed by atoms with Gasteiger partial charge in [0.05, 0.1) is 68.8 Å². The molecule has 6 heterocycles. The summed E-state index contributed by atoms with van der Waals surface area (Å²) in [5, 5.41) is 3.23. The van der Waals surface area contributed by atoms with Crippen LogP contribution in [-0.2, 0) is 16.2 Å². The van der Waals surface area contributed by atoms with Crippen molar-refractivity contribution in [3.63, 3.8) is 0 Å². The Morgan fingerprint density at radius 3 is 1.11 bits per heavy atom. The van der Waals surface area contributed by atoms with Gasteiger partial charge in [0, 0.05) is 88.7 Å². The first kappa shape index (κ1) is 69.3. The minimum atomic E-state index is -0.891. The monoisotopic (exact) mass is 1830 g/mol. The van der Waals surface area contributed by atoms with Gasteiger partial charge in [0.25, 0.3) is 6.71 Å². The predicted molar refractivity (Wildman–Crippen MR) is 596 cm³/mol. The number of aromatic nitrogens is 2. The molecule has 0 radical (unpaired) electrons. The molecule has 0 saturated carbocycles. The summed E-state index contributed by atoms with van der Waals surface area (Å²) in [5.74, 6) is 0. The molecule has 0 bridgehead atoms. The van der Waals surface area contributed by atoms with E-state index in [0.717, 1.165) is 127 Å². The summed E-state index contributed by atoms with van der Waals surface area (Å²) in [4.78, 5) is 4.77. The normalized spacial score (nSPS) is 14.5. The average Bonchev–Trinajstić information content (AvgIpc) is 1.23. The first-order valence-electron chi connectivity index (χ1n) is 55.5. The van der Waals surface area contributed by atoms with Crippen molar-refractivity contribution in [1.82, 2.24) is 9.13 Å². The molecular formula is C135H95BN4O2. The Kier molecular flexibility index (Phi) is 15.5. The van der Waals surface area contributed by atoms with E-state index < -0.39 is 71.3 Å². The van der Waals surface area contributed by atoms with Gasteiger partial charge in [0.2, 0.25) is 0 Å². The van der Waals surface area contributed by atoms with E-state index in [0.29, 0.717) is 89.9 Å². The number of anilines is 6. The van der Waals surface area contributed by atoms with Crippen LogP contribution in [0.2, 0.25) is 0 Å². The van der Waals surface area contributed by atoms with Crippen molar-refractivity contribution in [2.75, 3.05) is 9.80 Å². The van der Waals surface area contributed by atoms with E-state index >= 15 is 0 Å². The molecule has 28 rings (SSSR count). The van der Waals surface area contributed by atoms with Crippen LogP contribution in [0.3, 0.4) is 0 Å². The number of hydrogen-bond acceptors (Lipinski definition) is 4. The van der Waals surface area contributed by atoms with Gasteiger partial charge in [-0.1, -0.05) is 393 Å². The maximum Gasteiger partial charge on any atom is 0.252 e. The molecule has 0 atom stereocenters. The second kappa shape index (κ2) is 31.8. The third kappa shape index (κ3) is 12.6. The standard InChI is InChI=1S/C135H95BN4O2/c1-133(2,3)112-82-105(86-41-17-9-18-42-86)129(126-103-56-28-33-61-124(103)141-131(112)126)139-120-80-98(137-116-59-31-26-54-101(116)108-76-92(64-71-118(108)137)90-47-35-45-88(73-90)84-37-13-7-14-38-84)66-69-114(120)136-115-70-67-99(138-117-60-32-27-55-102(117)109-77-93(65-72-119(109)138)91-48-36-46-89(74-91)85-39-15-8-16-40-85)81-121(115)140(130-106(87-43-19-10-20-44-87)83-113(134(4,5)6)132-127(130)104-57-29-34-62-125(104)142-132)123-79-95(78-122(139)128(123)136)94-63-68-111-107(75-94)100-53-25-30-58-110(100)135(111,96-49-21-11-22-50-96)97-51-23-12-24-52-97/h7-83H,1-6H3/i26D,27D,31D,32D,54D,55D,59D,60D,64D,65D,71D,72D,76D,77D. The van der Waals surface area contributed by atoms with E-state index in [1.54, 1.807) is 9.13 Å². The number of rotatable bonds is 13. The topological polar surface area (TPSA) is 42.6 Å². The maximum absolute atomic E-state index is 10.8. The lowest BCUT2D eigenvalue weighted by molar-refractivity contribution is 0.572. The molecule has 0 unspecified atom stereocenters. The first-order valence-corrected chi connectivity index (χ1v) is 48.5. The molecular weight excluding hydrogens is 1720 g/mol. The number of hydrogen-bond donors (Lipinski definition) is 0. The minimum absolute atomic E-state index is 0.00744. The van der Waals surface area contributed by atoms with Crippen LogP contribution in [0.5, 0.6) is 0 Å². The smallest absolute Gasteiger partial charge is 0.252 e. The molecule has 142 heavy (non-hydrogen) atoms. The maximum atomic E-state index is 10.8. The van der Waals surface area contributed by atoms with Gasteiger partial charge in [-0.2, -0.15) is 0 Å². The SMILES string of the molecule is [2H]c1c([2H])c([2H])c2c(c1[2H])c1c([2H])c(-c3cccc(-c4ccccc4)c3)c([2H])c([2H])c1n2-c1ccc2c(c1)N(c1c(-c3ccccc3)cc(C(C)(C)C)c3oc4ccccc4c13)c1cc(-c3ccc4c(c3)-c3ccccc3C4(c3ccccc3)c3ccccc3)cc3c1B2c1ccc(-n2c4c([2H])c([2H])c([2H])c([2H])c4c4c([2H])c(-c5cccc(-c6ccccc6)c5)c([2H])c([2H])c42)cc1N3c1c(-c2ccccc2)cc(C(C)(C)C)c2oc3ccccc3c12. The zero-order valence-corrected chi connectivity index (χ0v) is 78.6. The van der Waals surface area contributed by atoms with Crippen molar-refractivity contribution in [3.8, 4) is 100 Å². The lowest BCUT2D eigenvalue weighted by Gasteiger charge is -2.46. The van der Waals surface area contributed by atoms with Crippen LogP contribution >= 0.6 is 0 Å². The fourth-order valence-electron chi connectivity index (χ4n) is 23.3. The third-order valence-electron chi connectivity index (χ3n) is 29.7. The molecule has 1 aliphatic carbocycles. The number of benzene rings is 21. The molecule has 0 saturated heterocycles. The van der Waals surface area contributed by atoms with Gasteiger partial charge >= 0.3 is 0 Å². The molecule has 0 spiro atoms. The van der Waals surface area contributed by atoms with Gasteiger partial charge < -0.3 is 27.8 Å². The Morgan fingerprint density at radius 1 is 0.268 bits per heavy atom. The van der Waals surface area contributed by atoms with E-state index in [4.69, 9.17) is 8.83 Å². The molecule has 0 amide bonds. The van der Waals surface area contributed by atoms with Crippen molar-refractivity contribution in [3.05, 3.63) is 500 Å². The molecule has 6 nitrogen and oxygen atoms in total. The molecule has 0 N–H and O–H groups in total. The highest BCUT2D eigenvalue weighted by atomic mass is 16.3. The summed E-state index contributed by atoms with van der Waals surface area (Å²) in [5.41, 5.74) is 24.9. The zero-order valence-electron chi connectivity index (χ0n) is 92.6. The highest BCUT2D eigenvalue weighted by Gasteiger charge is 2.50. The summed E-state index contributed by atoms with van der Waals surface area (Å²) in [7, 11) is 0. The van der Waals surface area contributed by atoms with E-state index in [2.05, 4.69) is 264 Å². The summed E-state index contributed by atoms with van der Waals surface area (Å²) in [6, 6.07) is 125. The van der Waals surface area contributed by atoms with Crippen molar-refractivity contribution in [1.29, 1.82) is 0 Å². The van der Waals surface area contributed by atoms with Gasteiger partial charge in [-0.05, 0) is 242 Å². The quantitative estimate of drug-likeness (QED) is 0.108. The molecule has 0 fully saturated rings. The van der Waals surface area contributed by atoms with Gasteiger partial charge in [-0.15, -0.1) is 0 Å². The van der Waals surface area contributed by atoms with Crippen LogP contribution in [0.15, 0.2) is 476 Å². The van der Waals surface area contributed by atoms with Crippen molar-refractivity contribution in [2.45, 2.75) is 57.8 Å². The van der Waals surface area contributed by atoms with Crippen LogP contribution in [0.25, 0.3) is 188 Å². The average molecular weight is 1830 g/mol. The zero-order chi connectivity index (χ0) is 107. The van der Waals surface area contributed by atoms with Gasteiger partial charge in [0.1, 0.15) is 22.3 Å². The Bertz CT molecular complexity index is 9900. The number of para-hydroxylation sites is 4. The minimum Gasteiger partial charge on any atom is -0.456 e. The Balaban J connectivity index is 0.826. The molecule has 25 aromatic rings. The Labute approximate surface area is 845 Å². The second-order valence-corrected chi connectivity index (χ2v) is 39.7. The lowest BCUT2D eigenvalue weighted by atomic mass is 9.33. The fourth-order valence-corrected chi connectivity index (χ4v) is 23.3. The molecule has 7 heteroatoms. The first-order chi connectivity index (χ1) is 75.6. The molecule has 2 aliphatic heterocycles. The van der Waals surface area contributed by atoms with Crippen LogP contribution in [-0.4, -0.2) is 15.8 Å². The van der Waals surface area contributed by atoms with Crippen LogP contribution in [0, 0.1) is 0 Å². The Morgan fingerprint density at radius 2 is 0.648 bits per heavy atom. The number of furan rings is 2. The van der Waals surface area contributed by atoms with Crippen LogP contribution < -0.4 is 26.2 Å². The number of fused-ring (bicyclic) bond motifs is 19. The summed E-state index contributed by atoms with van der Waals surface area (Å²) >= 11 is 0. The van der Waals surface area contributed by atoms with E-state index in [9.17, 15) is 19.2 Å². The fraction of sp³-hybridized carbons (Fsp3) is 0.0667. The van der Waals surface area contributed by atoms with E-state index in [1.807, 2.05) is 170 Å². The molecule has 670 valence electrons. The molecule has 4 aromatic heterocycles. The highest BCUT2D eigenvalue weighted by molar-refractivity contribution is 7.00. The summed E-state index contributed by atoms with van der Waals surface area (Å²) in [6.07, 6.45) is 0. The molecule has 3 aliphatic rings. The largest absolute Gasteiger partial charge is 0.456 e. The van der Waals surface area contributed by atoms with Crippen molar-refractivity contribution >= 4 is 145 Å².